The van der Waals surface area contributed by atoms with Crippen LogP contribution in [-0.2, 0) is 6.42 Å². The van der Waals surface area contributed by atoms with Crippen molar-refractivity contribution in [3.05, 3.63) is 71.0 Å². The molecule has 0 aliphatic heterocycles. The zero-order valence-corrected chi connectivity index (χ0v) is 12.9. The van der Waals surface area contributed by atoms with Gasteiger partial charge in [0, 0.05) is 11.6 Å². The minimum Gasteiger partial charge on any atom is -0.310 e. The summed E-state index contributed by atoms with van der Waals surface area (Å²) in [6.45, 7) is 4.87. The van der Waals surface area contributed by atoms with Gasteiger partial charge in [0.05, 0.1) is 0 Å². The SMILES string of the molecule is CCCNC(CCc1ccccc1)c1cccc(C)c1F. The fraction of sp³-hybridized carbons (Fsp3) is 0.368. The number of aryl methyl sites for hydroxylation is 2. The summed E-state index contributed by atoms with van der Waals surface area (Å²) in [4.78, 5) is 0. The van der Waals surface area contributed by atoms with Crippen LogP contribution in [0.1, 0.15) is 42.5 Å². The van der Waals surface area contributed by atoms with E-state index in [9.17, 15) is 4.39 Å². The fourth-order valence-electron chi connectivity index (χ4n) is 2.58. The van der Waals surface area contributed by atoms with Gasteiger partial charge < -0.3 is 5.32 Å². The highest BCUT2D eigenvalue weighted by Crippen LogP contribution is 2.24. The van der Waals surface area contributed by atoms with Gasteiger partial charge in [0.15, 0.2) is 0 Å². The van der Waals surface area contributed by atoms with E-state index in [1.807, 2.05) is 31.2 Å². The van der Waals surface area contributed by atoms with E-state index in [2.05, 4.69) is 36.5 Å². The highest BCUT2D eigenvalue weighted by atomic mass is 19.1. The molecule has 0 heterocycles. The van der Waals surface area contributed by atoms with E-state index in [1.54, 1.807) is 0 Å². The van der Waals surface area contributed by atoms with Crippen molar-refractivity contribution in [3.8, 4) is 0 Å². The summed E-state index contributed by atoms with van der Waals surface area (Å²) in [7, 11) is 0. The van der Waals surface area contributed by atoms with Gasteiger partial charge in [-0.15, -0.1) is 0 Å². The van der Waals surface area contributed by atoms with Crippen LogP contribution in [-0.4, -0.2) is 6.54 Å². The van der Waals surface area contributed by atoms with E-state index in [1.165, 1.54) is 5.56 Å². The molecule has 1 N–H and O–H groups in total. The number of hydrogen-bond acceptors (Lipinski definition) is 1. The highest BCUT2D eigenvalue weighted by Gasteiger charge is 2.16. The zero-order valence-electron chi connectivity index (χ0n) is 12.9. The molecular weight excluding hydrogens is 261 g/mol. The molecule has 0 radical (unpaired) electrons. The second-order valence-electron chi connectivity index (χ2n) is 5.51. The molecule has 0 amide bonds. The highest BCUT2D eigenvalue weighted by molar-refractivity contribution is 5.28. The van der Waals surface area contributed by atoms with Gasteiger partial charge in [0.25, 0.3) is 0 Å². The predicted octanol–water partition coefficient (Wildman–Crippen LogP) is 4.81. The van der Waals surface area contributed by atoms with Gasteiger partial charge >= 0.3 is 0 Å². The molecule has 0 aliphatic rings. The second kappa shape index (κ2) is 7.94. The van der Waals surface area contributed by atoms with Crippen molar-refractivity contribution in [2.75, 3.05) is 6.54 Å². The Hall–Kier alpha value is -1.67. The largest absolute Gasteiger partial charge is 0.310 e. The lowest BCUT2D eigenvalue weighted by Gasteiger charge is -2.20. The second-order valence-corrected chi connectivity index (χ2v) is 5.51. The Morgan fingerprint density at radius 2 is 1.81 bits per heavy atom. The molecule has 0 aromatic heterocycles. The van der Waals surface area contributed by atoms with Crippen molar-refractivity contribution >= 4 is 0 Å². The molecule has 1 unspecified atom stereocenters. The van der Waals surface area contributed by atoms with Crippen LogP contribution in [0.15, 0.2) is 48.5 Å². The van der Waals surface area contributed by atoms with E-state index < -0.39 is 0 Å². The average Bonchev–Trinajstić information content (AvgIpc) is 2.52. The number of rotatable bonds is 7. The van der Waals surface area contributed by atoms with Gasteiger partial charge in [-0.25, -0.2) is 4.39 Å². The molecule has 0 aliphatic carbocycles. The molecule has 21 heavy (non-hydrogen) atoms. The number of halogens is 1. The average molecular weight is 285 g/mol. The van der Waals surface area contributed by atoms with Crippen LogP contribution >= 0.6 is 0 Å². The summed E-state index contributed by atoms with van der Waals surface area (Å²) in [6, 6.07) is 16.1. The number of benzene rings is 2. The molecule has 2 rings (SSSR count). The fourth-order valence-corrected chi connectivity index (χ4v) is 2.58. The Labute approximate surface area is 127 Å². The third kappa shape index (κ3) is 4.40. The first-order chi connectivity index (χ1) is 10.2. The molecule has 0 saturated carbocycles. The minimum atomic E-state index is -0.0702. The van der Waals surface area contributed by atoms with Crippen LogP contribution < -0.4 is 5.32 Å². The Morgan fingerprint density at radius 3 is 2.52 bits per heavy atom. The molecule has 0 bridgehead atoms. The van der Waals surface area contributed by atoms with Gasteiger partial charge in [0.2, 0.25) is 0 Å². The van der Waals surface area contributed by atoms with Gasteiger partial charge in [-0.3, -0.25) is 0 Å². The Bertz CT molecular complexity index is 551. The molecule has 1 atom stereocenters. The minimum absolute atomic E-state index is 0.0702. The van der Waals surface area contributed by atoms with Crippen molar-refractivity contribution in [1.82, 2.24) is 5.32 Å². The van der Waals surface area contributed by atoms with E-state index in [-0.39, 0.29) is 11.9 Å². The summed E-state index contributed by atoms with van der Waals surface area (Å²) in [5.74, 6) is -0.0702. The maximum Gasteiger partial charge on any atom is 0.130 e. The first kappa shape index (κ1) is 15.7. The Kier molecular flexibility index (Phi) is 5.94. The van der Waals surface area contributed by atoms with E-state index in [0.29, 0.717) is 0 Å². The van der Waals surface area contributed by atoms with Gasteiger partial charge in [-0.05, 0) is 43.9 Å². The van der Waals surface area contributed by atoms with Crippen LogP contribution in [0.3, 0.4) is 0 Å². The molecule has 112 valence electrons. The Balaban J connectivity index is 2.12. The number of nitrogens with one attached hydrogen (secondary N) is 1. The molecule has 2 heteroatoms. The smallest absolute Gasteiger partial charge is 0.130 e. The van der Waals surface area contributed by atoms with E-state index in [4.69, 9.17) is 0 Å². The van der Waals surface area contributed by atoms with Gasteiger partial charge in [-0.1, -0.05) is 55.5 Å². The molecule has 0 spiro atoms. The van der Waals surface area contributed by atoms with Crippen molar-refractivity contribution in [2.24, 2.45) is 0 Å². The molecule has 1 nitrogen and oxygen atoms in total. The van der Waals surface area contributed by atoms with Crippen LogP contribution in [0.25, 0.3) is 0 Å². The summed E-state index contributed by atoms with van der Waals surface area (Å²) in [6.07, 6.45) is 2.91. The van der Waals surface area contributed by atoms with Crippen LogP contribution in [0.2, 0.25) is 0 Å². The van der Waals surface area contributed by atoms with E-state index in [0.717, 1.165) is 36.9 Å². The zero-order chi connectivity index (χ0) is 15.1. The first-order valence-electron chi connectivity index (χ1n) is 7.74. The van der Waals surface area contributed by atoms with Crippen LogP contribution in [0.5, 0.6) is 0 Å². The normalized spacial score (nSPS) is 12.3. The summed E-state index contributed by atoms with van der Waals surface area (Å²) in [5.41, 5.74) is 2.81. The summed E-state index contributed by atoms with van der Waals surface area (Å²) < 4.78 is 14.4. The van der Waals surface area contributed by atoms with E-state index >= 15 is 0 Å². The lowest BCUT2D eigenvalue weighted by molar-refractivity contribution is 0.472. The first-order valence-corrected chi connectivity index (χ1v) is 7.74. The standard InChI is InChI=1S/C19H24FN/c1-3-14-21-18(13-12-16-9-5-4-6-10-16)17-11-7-8-15(2)19(17)20/h4-11,18,21H,3,12-14H2,1-2H3. The topological polar surface area (TPSA) is 12.0 Å². The maximum absolute atomic E-state index is 14.4. The molecule has 0 fully saturated rings. The van der Waals surface area contributed by atoms with Crippen molar-refractivity contribution < 1.29 is 4.39 Å². The third-order valence-electron chi connectivity index (χ3n) is 3.80. The van der Waals surface area contributed by atoms with Crippen molar-refractivity contribution in [2.45, 2.75) is 39.2 Å². The lowest BCUT2D eigenvalue weighted by Crippen LogP contribution is -2.24. The number of hydrogen-bond donors (Lipinski definition) is 1. The van der Waals surface area contributed by atoms with Crippen molar-refractivity contribution in [3.63, 3.8) is 0 Å². The molecule has 2 aromatic rings. The molecular formula is C19H24FN. The van der Waals surface area contributed by atoms with Gasteiger partial charge in [-0.2, -0.15) is 0 Å². The van der Waals surface area contributed by atoms with Gasteiger partial charge in [0.1, 0.15) is 5.82 Å². The predicted molar refractivity (Wildman–Crippen MR) is 86.9 cm³/mol. The summed E-state index contributed by atoms with van der Waals surface area (Å²) >= 11 is 0. The Morgan fingerprint density at radius 1 is 1.05 bits per heavy atom. The van der Waals surface area contributed by atoms with Crippen LogP contribution in [0, 0.1) is 12.7 Å². The quantitative estimate of drug-likeness (QED) is 0.770. The van der Waals surface area contributed by atoms with Crippen molar-refractivity contribution in [1.29, 1.82) is 0 Å². The van der Waals surface area contributed by atoms with Crippen LogP contribution in [0.4, 0.5) is 4.39 Å². The molecule has 0 saturated heterocycles. The maximum atomic E-state index is 14.4. The lowest BCUT2D eigenvalue weighted by atomic mass is 9.97. The molecule has 2 aromatic carbocycles. The third-order valence-corrected chi connectivity index (χ3v) is 3.80. The monoisotopic (exact) mass is 285 g/mol. The summed E-state index contributed by atoms with van der Waals surface area (Å²) in [5, 5.41) is 3.48.